The Balaban J connectivity index is 1.22. The Morgan fingerprint density at radius 2 is 1.65 bits per heavy atom. The van der Waals surface area contributed by atoms with Crippen LogP contribution in [0.4, 0.5) is 13.2 Å². The Kier molecular flexibility index (Phi) is 8.97. The summed E-state index contributed by atoms with van der Waals surface area (Å²) in [5.74, 6) is 0.789. The molecule has 0 spiro atoms. The summed E-state index contributed by atoms with van der Waals surface area (Å²) in [6, 6.07) is -1.62. The van der Waals surface area contributed by atoms with Crippen molar-refractivity contribution in [2.45, 2.75) is 120 Å². The Hall–Kier alpha value is -1.92. The van der Waals surface area contributed by atoms with E-state index in [0.717, 1.165) is 77.2 Å². The second-order valence-corrected chi connectivity index (χ2v) is 13.1. The first-order chi connectivity index (χ1) is 19.0. The fraction of sp³-hybridized carbons (Fsp3) is 0.893. The second-order valence-electron chi connectivity index (χ2n) is 13.1. The molecule has 2 heterocycles. The molecular formula is C28H46F3N7O2. The lowest BCUT2D eigenvalue weighted by atomic mass is 9.77. The SMILES string of the molecule is N=C(N)C1CCC2CC(C(=O)NC3CCCC(N4CCC(C(F)(F)F)N4)C3)N(CC3CCC(C(N)=O)CC3)C2C1. The lowest BCUT2D eigenvalue weighted by molar-refractivity contribution is -0.158. The Labute approximate surface area is 234 Å². The van der Waals surface area contributed by atoms with Crippen LogP contribution in [-0.4, -0.2) is 77.0 Å². The molecule has 12 heteroatoms. The first-order valence-electron chi connectivity index (χ1n) is 15.3. The van der Waals surface area contributed by atoms with Gasteiger partial charge >= 0.3 is 6.18 Å². The van der Waals surface area contributed by atoms with Gasteiger partial charge in [0.1, 0.15) is 6.04 Å². The van der Waals surface area contributed by atoms with E-state index in [1.54, 1.807) is 5.01 Å². The van der Waals surface area contributed by atoms with Crippen LogP contribution in [0.25, 0.3) is 0 Å². The van der Waals surface area contributed by atoms with Crippen LogP contribution in [0.1, 0.15) is 83.5 Å². The third-order valence-electron chi connectivity index (χ3n) is 10.6. The first kappa shape index (κ1) is 29.6. The van der Waals surface area contributed by atoms with Crippen LogP contribution in [-0.2, 0) is 9.59 Å². The van der Waals surface area contributed by atoms with E-state index < -0.39 is 12.2 Å². The van der Waals surface area contributed by atoms with Crippen LogP contribution in [0.5, 0.6) is 0 Å². The van der Waals surface area contributed by atoms with Crippen molar-refractivity contribution >= 4 is 17.6 Å². The van der Waals surface area contributed by atoms with Crippen molar-refractivity contribution in [2.24, 2.45) is 35.1 Å². The number of amides is 2. The normalized spacial score (nSPS) is 39.5. The van der Waals surface area contributed by atoms with Gasteiger partial charge in [0.05, 0.1) is 11.9 Å². The lowest BCUT2D eigenvalue weighted by Gasteiger charge is -2.40. The van der Waals surface area contributed by atoms with Crippen molar-refractivity contribution in [3.63, 3.8) is 0 Å². The molecule has 0 aromatic heterocycles. The standard InChI is InChI=1S/C28H46F3N7O2/c29-28(30,31)24-10-11-38(36-24)21-3-1-2-20(14-21)35-27(40)23-12-18-8-9-19(25(32)33)13-22(18)37(23)15-16-4-6-17(7-5-16)26(34)39/h16-24,36H,1-15H2,(H3,32,33)(H2,34,39)(H,35,40). The number of hydrogen-bond donors (Lipinski definition) is 5. The summed E-state index contributed by atoms with van der Waals surface area (Å²) in [4.78, 5) is 27.9. The van der Waals surface area contributed by atoms with Gasteiger partial charge in [0.15, 0.2) is 0 Å². The fourth-order valence-electron chi connectivity index (χ4n) is 8.27. The van der Waals surface area contributed by atoms with E-state index >= 15 is 0 Å². The van der Waals surface area contributed by atoms with Crippen molar-refractivity contribution in [2.75, 3.05) is 13.1 Å². The minimum absolute atomic E-state index is 0.0211. The van der Waals surface area contributed by atoms with Crippen molar-refractivity contribution in [3.8, 4) is 0 Å². The number of amidine groups is 1. The molecule has 5 fully saturated rings. The number of fused-ring (bicyclic) bond motifs is 1. The molecule has 5 rings (SSSR count). The highest BCUT2D eigenvalue weighted by atomic mass is 19.4. The van der Waals surface area contributed by atoms with Crippen LogP contribution in [0.2, 0.25) is 0 Å². The number of nitrogens with two attached hydrogens (primary N) is 2. The molecule has 40 heavy (non-hydrogen) atoms. The zero-order valence-corrected chi connectivity index (χ0v) is 23.3. The third kappa shape index (κ3) is 6.59. The molecule has 0 aromatic rings. The average Bonchev–Trinajstić information content (AvgIpc) is 3.55. The molecule has 2 saturated heterocycles. The van der Waals surface area contributed by atoms with Gasteiger partial charge in [0.25, 0.3) is 0 Å². The number of alkyl halides is 3. The van der Waals surface area contributed by atoms with Crippen molar-refractivity contribution < 1.29 is 22.8 Å². The average molecular weight is 570 g/mol. The molecule has 0 radical (unpaired) electrons. The molecule has 7 N–H and O–H groups in total. The van der Waals surface area contributed by atoms with Crippen molar-refractivity contribution in [1.29, 1.82) is 5.41 Å². The number of hydrazine groups is 1. The second kappa shape index (κ2) is 12.1. The zero-order valence-electron chi connectivity index (χ0n) is 23.3. The van der Waals surface area contributed by atoms with Crippen LogP contribution in [0.15, 0.2) is 0 Å². The largest absolute Gasteiger partial charge is 0.405 e. The number of carbonyl (C=O) groups is 2. The maximum absolute atomic E-state index is 13.8. The number of nitrogens with one attached hydrogen (secondary N) is 3. The molecule has 2 amide bonds. The molecular weight excluding hydrogens is 523 g/mol. The van der Waals surface area contributed by atoms with Gasteiger partial charge in [-0.1, -0.05) is 0 Å². The van der Waals surface area contributed by atoms with E-state index in [-0.39, 0.29) is 60.1 Å². The molecule has 3 saturated carbocycles. The topological polar surface area (TPSA) is 141 Å². The van der Waals surface area contributed by atoms with Crippen LogP contribution in [0.3, 0.4) is 0 Å². The van der Waals surface area contributed by atoms with E-state index in [9.17, 15) is 22.8 Å². The highest BCUT2D eigenvalue weighted by Crippen LogP contribution is 2.43. The van der Waals surface area contributed by atoms with Gasteiger partial charge in [-0.15, -0.1) is 0 Å². The van der Waals surface area contributed by atoms with E-state index in [1.165, 1.54) is 0 Å². The Morgan fingerprint density at radius 1 is 0.925 bits per heavy atom. The predicted molar refractivity (Wildman–Crippen MR) is 145 cm³/mol. The summed E-state index contributed by atoms with van der Waals surface area (Å²) in [5.41, 5.74) is 14.1. The monoisotopic (exact) mass is 569 g/mol. The van der Waals surface area contributed by atoms with Gasteiger partial charge in [-0.05, 0) is 95.3 Å². The van der Waals surface area contributed by atoms with Gasteiger partial charge in [-0.25, -0.2) is 10.4 Å². The molecule has 7 atom stereocenters. The van der Waals surface area contributed by atoms with E-state index in [1.807, 2.05) is 0 Å². The number of nitrogens with zero attached hydrogens (tertiary/aromatic N) is 2. The summed E-state index contributed by atoms with van der Waals surface area (Å²) >= 11 is 0. The predicted octanol–water partition coefficient (Wildman–Crippen LogP) is 2.64. The number of rotatable bonds is 7. The third-order valence-corrected chi connectivity index (χ3v) is 10.6. The molecule has 2 aliphatic heterocycles. The first-order valence-corrected chi connectivity index (χ1v) is 15.3. The molecule has 0 aromatic carbocycles. The van der Waals surface area contributed by atoms with E-state index in [0.29, 0.717) is 24.8 Å². The molecule has 226 valence electrons. The number of carbonyl (C=O) groups excluding carboxylic acids is 2. The number of likely N-dealkylation sites (tertiary alicyclic amines) is 1. The van der Waals surface area contributed by atoms with E-state index in [2.05, 4.69) is 15.6 Å². The minimum atomic E-state index is -4.25. The number of halogens is 3. The van der Waals surface area contributed by atoms with Crippen LogP contribution < -0.4 is 22.2 Å². The molecule has 5 aliphatic rings. The summed E-state index contributed by atoms with van der Waals surface area (Å²) < 4.78 is 39.6. The summed E-state index contributed by atoms with van der Waals surface area (Å²) in [5, 5.41) is 13.1. The Morgan fingerprint density at radius 3 is 2.30 bits per heavy atom. The number of primary amides is 1. The smallest absolute Gasteiger partial charge is 0.387 e. The summed E-state index contributed by atoms with van der Waals surface area (Å²) in [6.07, 6.45) is 5.81. The fourth-order valence-corrected chi connectivity index (χ4v) is 8.27. The maximum atomic E-state index is 13.8. The highest BCUT2D eigenvalue weighted by Gasteiger charge is 2.49. The van der Waals surface area contributed by atoms with Gasteiger partial charge < -0.3 is 16.8 Å². The molecule has 0 bridgehead atoms. The zero-order chi connectivity index (χ0) is 28.6. The van der Waals surface area contributed by atoms with Crippen LogP contribution >= 0.6 is 0 Å². The maximum Gasteiger partial charge on any atom is 0.405 e. The summed E-state index contributed by atoms with van der Waals surface area (Å²) in [7, 11) is 0. The van der Waals surface area contributed by atoms with Gasteiger partial charge in [0, 0.05) is 43.1 Å². The number of hydrogen-bond acceptors (Lipinski definition) is 6. The van der Waals surface area contributed by atoms with Crippen molar-refractivity contribution in [1.82, 2.24) is 20.7 Å². The van der Waals surface area contributed by atoms with Gasteiger partial charge in [0.2, 0.25) is 11.8 Å². The highest BCUT2D eigenvalue weighted by molar-refractivity contribution is 5.83. The molecule has 9 nitrogen and oxygen atoms in total. The summed E-state index contributed by atoms with van der Waals surface area (Å²) in [6.45, 7) is 1.16. The van der Waals surface area contributed by atoms with Gasteiger partial charge in [-0.2, -0.15) is 13.2 Å². The van der Waals surface area contributed by atoms with Crippen molar-refractivity contribution in [3.05, 3.63) is 0 Å². The lowest BCUT2D eigenvalue weighted by Crippen LogP contribution is -2.54. The van der Waals surface area contributed by atoms with Crippen LogP contribution in [0, 0.1) is 29.1 Å². The minimum Gasteiger partial charge on any atom is -0.387 e. The molecule has 3 aliphatic carbocycles. The molecule has 7 unspecified atom stereocenters. The quantitative estimate of drug-likeness (QED) is 0.236. The van der Waals surface area contributed by atoms with Gasteiger partial charge in [-0.3, -0.25) is 19.9 Å². The Bertz CT molecular complexity index is 941. The van der Waals surface area contributed by atoms with E-state index in [4.69, 9.17) is 16.9 Å².